The molecule has 2 heterocycles. The second-order valence-electron chi connectivity index (χ2n) is 5.69. The standard InChI is InChI=1S/C16H16N2OS/c1-11-2-3-12-4-5-16(19,14(12)8-11)9-13-10-18-6-7-20-15(18)17-13/h2-3,6-8,10,19H,4-5,9H2,1H3. The van der Waals surface area contributed by atoms with Crippen LogP contribution in [0.1, 0.15) is 28.8 Å². The minimum Gasteiger partial charge on any atom is -0.385 e. The summed E-state index contributed by atoms with van der Waals surface area (Å²) < 4.78 is 2.02. The van der Waals surface area contributed by atoms with Gasteiger partial charge in [0.2, 0.25) is 0 Å². The van der Waals surface area contributed by atoms with E-state index in [4.69, 9.17) is 0 Å². The summed E-state index contributed by atoms with van der Waals surface area (Å²) >= 11 is 1.62. The van der Waals surface area contributed by atoms with Gasteiger partial charge in [-0.15, -0.1) is 11.3 Å². The van der Waals surface area contributed by atoms with Crippen LogP contribution in [0, 0.1) is 6.92 Å². The molecule has 0 aliphatic heterocycles. The molecule has 2 aromatic heterocycles. The molecule has 4 rings (SSSR count). The number of hydrogen-bond donors (Lipinski definition) is 1. The first-order valence-corrected chi connectivity index (χ1v) is 7.75. The summed E-state index contributed by atoms with van der Waals surface area (Å²) in [6, 6.07) is 6.40. The summed E-state index contributed by atoms with van der Waals surface area (Å²) in [5, 5.41) is 13.1. The SMILES string of the molecule is Cc1ccc2c(c1)C(O)(Cc1cn3ccsc3n1)CC2. The molecule has 0 fully saturated rings. The molecule has 4 heteroatoms. The van der Waals surface area contributed by atoms with E-state index < -0.39 is 5.60 Å². The Hall–Kier alpha value is -1.65. The van der Waals surface area contributed by atoms with Crippen LogP contribution in [0.25, 0.3) is 4.96 Å². The first-order valence-electron chi connectivity index (χ1n) is 6.87. The molecule has 1 aliphatic carbocycles. The molecule has 1 aromatic carbocycles. The number of hydrogen-bond acceptors (Lipinski definition) is 3. The largest absolute Gasteiger partial charge is 0.385 e. The molecule has 3 nitrogen and oxygen atoms in total. The Morgan fingerprint density at radius 1 is 1.45 bits per heavy atom. The van der Waals surface area contributed by atoms with Crippen molar-refractivity contribution in [3.63, 3.8) is 0 Å². The maximum Gasteiger partial charge on any atom is 0.193 e. The lowest BCUT2D eigenvalue weighted by molar-refractivity contribution is 0.0380. The van der Waals surface area contributed by atoms with Gasteiger partial charge < -0.3 is 5.11 Å². The average Bonchev–Trinajstić information content (AvgIpc) is 3.05. The lowest BCUT2D eigenvalue weighted by Crippen LogP contribution is -2.25. The first-order chi connectivity index (χ1) is 9.64. The van der Waals surface area contributed by atoms with Crippen LogP contribution in [0.2, 0.25) is 0 Å². The topological polar surface area (TPSA) is 37.5 Å². The summed E-state index contributed by atoms with van der Waals surface area (Å²) in [5.41, 5.74) is 3.78. The summed E-state index contributed by atoms with van der Waals surface area (Å²) in [6.45, 7) is 2.08. The highest BCUT2D eigenvalue weighted by Crippen LogP contribution is 2.39. The normalized spacial score (nSPS) is 21.5. The molecule has 1 aliphatic rings. The van der Waals surface area contributed by atoms with Crippen molar-refractivity contribution in [2.24, 2.45) is 0 Å². The molecule has 0 bridgehead atoms. The number of benzene rings is 1. The van der Waals surface area contributed by atoms with Gasteiger partial charge in [0, 0.05) is 24.2 Å². The highest BCUT2D eigenvalue weighted by Gasteiger charge is 2.37. The van der Waals surface area contributed by atoms with E-state index >= 15 is 0 Å². The van der Waals surface area contributed by atoms with Crippen LogP contribution >= 0.6 is 11.3 Å². The van der Waals surface area contributed by atoms with Crippen molar-refractivity contribution in [2.75, 3.05) is 0 Å². The van der Waals surface area contributed by atoms with Gasteiger partial charge in [-0.3, -0.25) is 4.40 Å². The third kappa shape index (κ3) is 1.79. The Morgan fingerprint density at radius 2 is 2.35 bits per heavy atom. The molecule has 0 saturated carbocycles. The van der Waals surface area contributed by atoms with Crippen molar-refractivity contribution >= 4 is 16.3 Å². The maximum atomic E-state index is 11.0. The Bertz CT molecular complexity index is 760. The highest BCUT2D eigenvalue weighted by molar-refractivity contribution is 7.15. The smallest absolute Gasteiger partial charge is 0.193 e. The highest BCUT2D eigenvalue weighted by atomic mass is 32.1. The van der Waals surface area contributed by atoms with Gasteiger partial charge in [0.1, 0.15) is 0 Å². The van der Waals surface area contributed by atoms with Crippen LogP contribution in [-0.4, -0.2) is 14.5 Å². The van der Waals surface area contributed by atoms with Gasteiger partial charge in [-0.25, -0.2) is 4.98 Å². The number of thiazole rings is 1. The van der Waals surface area contributed by atoms with E-state index in [1.165, 1.54) is 11.1 Å². The van der Waals surface area contributed by atoms with Crippen molar-refractivity contribution in [1.29, 1.82) is 0 Å². The van der Waals surface area contributed by atoms with Crippen LogP contribution < -0.4 is 0 Å². The molecule has 0 radical (unpaired) electrons. The summed E-state index contributed by atoms with van der Waals surface area (Å²) in [6.07, 6.45) is 6.37. The number of aryl methyl sites for hydroxylation is 2. The zero-order valence-electron chi connectivity index (χ0n) is 11.3. The lowest BCUT2D eigenvalue weighted by Gasteiger charge is -2.23. The molecule has 20 heavy (non-hydrogen) atoms. The summed E-state index contributed by atoms with van der Waals surface area (Å²) in [4.78, 5) is 5.59. The summed E-state index contributed by atoms with van der Waals surface area (Å²) in [5.74, 6) is 0. The number of aliphatic hydroxyl groups is 1. The van der Waals surface area contributed by atoms with Gasteiger partial charge in [-0.2, -0.15) is 0 Å². The molecular weight excluding hydrogens is 268 g/mol. The zero-order valence-corrected chi connectivity index (χ0v) is 12.2. The average molecular weight is 284 g/mol. The number of imidazole rings is 1. The fraction of sp³-hybridized carbons (Fsp3) is 0.312. The second kappa shape index (κ2) is 4.17. The molecule has 3 aromatic rings. The van der Waals surface area contributed by atoms with Crippen molar-refractivity contribution in [2.45, 2.75) is 31.8 Å². The fourth-order valence-electron chi connectivity index (χ4n) is 3.16. The van der Waals surface area contributed by atoms with Gasteiger partial charge in [-0.1, -0.05) is 23.8 Å². The van der Waals surface area contributed by atoms with Gasteiger partial charge in [-0.05, 0) is 30.9 Å². The van der Waals surface area contributed by atoms with Crippen LogP contribution in [-0.2, 0) is 18.4 Å². The van der Waals surface area contributed by atoms with Crippen molar-refractivity contribution in [3.8, 4) is 0 Å². The van der Waals surface area contributed by atoms with E-state index in [-0.39, 0.29) is 0 Å². The van der Waals surface area contributed by atoms with Gasteiger partial charge in [0.25, 0.3) is 0 Å². The van der Waals surface area contributed by atoms with Crippen LogP contribution in [0.5, 0.6) is 0 Å². The van der Waals surface area contributed by atoms with E-state index in [0.717, 1.165) is 29.1 Å². The molecule has 1 unspecified atom stereocenters. The van der Waals surface area contributed by atoms with E-state index in [2.05, 4.69) is 30.1 Å². The number of fused-ring (bicyclic) bond motifs is 2. The predicted octanol–water partition coefficient (Wildman–Crippen LogP) is 3.08. The van der Waals surface area contributed by atoms with Crippen LogP contribution in [0.4, 0.5) is 0 Å². The monoisotopic (exact) mass is 284 g/mol. The Kier molecular flexibility index (Phi) is 2.53. The zero-order chi connectivity index (χ0) is 13.7. The van der Waals surface area contributed by atoms with E-state index in [0.29, 0.717) is 6.42 Å². The number of rotatable bonds is 2. The maximum absolute atomic E-state index is 11.0. The summed E-state index contributed by atoms with van der Waals surface area (Å²) in [7, 11) is 0. The van der Waals surface area contributed by atoms with Gasteiger partial charge in [0.15, 0.2) is 4.96 Å². The molecular formula is C16H16N2OS. The quantitative estimate of drug-likeness (QED) is 0.785. The number of aromatic nitrogens is 2. The van der Waals surface area contributed by atoms with E-state index in [1.807, 2.05) is 22.2 Å². The molecule has 0 saturated heterocycles. The van der Waals surface area contributed by atoms with Crippen LogP contribution in [0.15, 0.2) is 36.0 Å². The van der Waals surface area contributed by atoms with Gasteiger partial charge >= 0.3 is 0 Å². The Balaban J connectivity index is 1.72. The third-order valence-electron chi connectivity index (χ3n) is 4.19. The third-order valence-corrected chi connectivity index (χ3v) is 4.96. The molecule has 102 valence electrons. The van der Waals surface area contributed by atoms with Gasteiger partial charge in [0.05, 0.1) is 11.3 Å². The minimum atomic E-state index is -0.759. The predicted molar refractivity (Wildman–Crippen MR) is 80.2 cm³/mol. The van der Waals surface area contributed by atoms with Crippen molar-refractivity contribution in [3.05, 3.63) is 58.4 Å². The fourth-order valence-corrected chi connectivity index (χ4v) is 3.88. The molecule has 0 amide bonds. The van der Waals surface area contributed by atoms with Crippen molar-refractivity contribution < 1.29 is 5.11 Å². The van der Waals surface area contributed by atoms with Crippen LogP contribution in [0.3, 0.4) is 0 Å². The first kappa shape index (κ1) is 12.1. The lowest BCUT2D eigenvalue weighted by atomic mass is 9.90. The minimum absolute atomic E-state index is 0.595. The molecule has 1 atom stereocenters. The Labute approximate surface area is 121 Å². The molecule has 0 spiro atoms. The van der Waals surface area contributed by atoms with E-state index in [9.17, 15) is 5.11 Å². The van der Waals surface area contributed by atoms with E-state index in [1.54, 1.807) is 11.3 Å². The molecule has 1 N–H and O–H groups in total. The Morgan fingerprint density at radius 3 is 3.20 bits per heavy atom. The second-order valence-corrected chi connectivity index (χ2v) is 6.57. The number of nitrogens with zero attached hydrogens (tertiary/aromatic N) is 2. The van der Waals surface area contributed by atoms with Crippen molar-refractivity contribution in [1.82, 2.24) is 9.38 Å².